The van der Waals surface area contributed by atoms with E-state index in [1.165, 1.54) is 35.2 Å². The molecule has 3 aromatic carbocycles. The summed E-state index contributed by atoms with van der Waals surface area (Å²) in [4.78, 5) is 42.1. The zero-order chi connectivity index (χ0) is 29.0. The van der Waals surface area contributed by atoms with Crippen molar-refractivity contribution in [3.05, 3.63) is 105 Å². The molecule has 12 heteroatoms. The van der Waals surface area contributed by atoms with Gasteiger partial charge in [-0.2, -0.15) is 4.99 Å². The van der Waals surface area contributed by atoms with Gasteiger partial charge in [0.15, 0.2) is 23.3 Å². The molecule has 0 radical (unpaired) electrons. The van der Waals surface area contributed by atoms with Crippen LogP contribution in [0.1, 0.15) is 30.1 Å². The van der Waals surface area contributed by atoms with Crippen LogP contribution in [0.5, 0.6) is 0 Å². The molecule has 0 saturated heterocycles. The van der Waals surface area contributed by atoms with Gasteiger partial charge in [0.05, 0.1) is 17.1 Å². The van der Waals surface area contributed by atoms with E-state index in [-0.39, 0.29) is 28.4 Å². The summed E-state index contributed by atoms with van der Waals surface area (Å²) in [6, 6.07) is 9.17. The Morgan fingerprint density at radius 1 is 0.950 bits per heavy atom. The lowest BCUT2D eigenvalue weighted by molar-refractivity contribution is 0.197. The number of urea groups is 1. The second-order valence-electron chi connectivity index (χ2n) is 8.92. The van der Waals surface area contributed by atoms with Crippen molar-refractivity contribution in [2.24, 2.45) is 4.99 Å². The predicted octanol–water partition coefficient (Wildman–Crippen LogP) is 6.42. The highest BCUT2D eigenvalue weighted by Gasteiger charge is 2.30. The summed E-state index contributed by atoms with van der Waals surface area (Å²) in [7, 11) is 1.59. The van der Waals surface area contributed by atoms with Crippen LogP contribution in [0, 0.1) is 29.1 Å². The maximum atomic E-state index is 13.7. The van der Waals surface area contributed by atoms with Gasteiger partial charge in [-0.05, 0) is 61.0 Å². The van der Waals surface area contributed by atoms with Gasteiger partial charge in [0.25, 0.3) is 5.56 Å². The molecule has 1 aliphatic rings. The molecule has 1 heterocycles. The van der Waals surface area contributed by atoms with Gasteiger partial charge in [0.2, 0.25) is 6.08 Å². The van der Waals surface area contributed by atoms with E-state index in [2.05, 4.69) is 15.3 Å². The number of aromatic nitrogens is 1. The number of halogens is 5. The van der Waals surface area contributed by atoms with Crippen molar-refractivity contribution in [1.29, 1.82) is 0 Å². The Balaban J connectivity index is 0.000000283. The van der Waals surface area contributed by atoms with Gasteiger partial charge in [-0.15, -0.1) is 0 Å². The number of amides is 2. The molecule has 0 fully saturated rings. The van der Waals surface area contributed by atoms with E-state index in [1.54, 1.807) is 13.1 Å². The number of aryl methyl sites for hydroxylation is 1. The van der Waals surface area contributed by atoms with Gasteiger partial charge >= 0.3 is 6.03 Å². The zero-order valence-corrected chi connectivity index (χ0v) is 20.9. The number of benzene rings is 3. The normalized spacial score (nSPS) is 13.9. The van der Waals surface area contributed by atoms with Gasteiger partial charge in [-0.25, -0.2) is 31.5 Å². The van der Waals surface area contributed by atoms with Crippen LogP contribution in [0.15, 0.2) is 64.4 Å². The fourth-order valence-electron chi connectivity index (χ4n) is 4.49. The SMILES string of the molecule is CN(C(=O)Nc1ccc(F)c(F)c1)C1CCCc2[nH]c(=O)c3cc(F)ccc3c21.O=C=Nc1ccc(F)c(F)c1. The number of hydrogen-bond acceptors (Lipinski definition) is 4. The molecule has 1 atom stereocenters. The molecular formula is C28H21F5N4O3. The lowest BCUT2D eigenvalue weighted by Gasteiger charge is -2.34. The minimum Gasteiger partial charge on any atom is -0.325 e. The van der Waals surface area contributed by atoms with Crippen LogP contribution in [0.3, 0.4) is 0 Å². The molecule has 1 aromatic heterocycles. The number of isocyanates is 1. The number of carbonyl (C=O) groups is 1. The van der Waals surface area contributed by atoms with Crippen LogP contribution in [0.25, 0.3) is 10.8 Å². The van der Waals surface area contributed by atoms with E-state index >= 15 is 0 Å². The highest BCUT2D eigenvalue weighted by molar-refractivity contribution is 5.91. The van der Waals surface area contributed by atoms with E-state index in [9.17, 15) is 36.3 Å². The number of aliphatic imine (C=N–C) groups is 1. The van der Waals surface area contributed by atoms with Crippen molar-refractivity contribution in [2.75, 3.05) is 12.4 Å². The number of fused-ring (bicyclic) bond motifs is 3. The number of H-pyrrole nitrogens is 1. The number of aromatic amines is 1. The largest absolute Gasteiger partial charge is 0.325 e. The Hall–Kier alpha value is -4.83. The van der Waals surface area contributed by atoms with Crippen molar-refractivity contribution in [2.45, 2.75) is 25.3 Å². The third-order valence-electron chi connectivity index (χ3n) is 6.38. The quantitative estimate of drug-likeness (QED) is 0.173. The van der Waals surface area contributed by atoms with Crippen molar-refractivity contribution in [3.8, 4) is 0 Å². The standard InChI is InChI=1S/C21H18F3N3O2.C7H3F2NO/c1-27(21(29)25-12-6-8-15(23)16(24)10-12)18-4-2-3-17-19(18)13-7-5-11(22)9-14(13)20(28)26-17;8-6-2-1-5(10-4-11)3-7(6)9/h5-10,18H,2-4H2,1H3,(H,25,29)(H,26,28);1-3H. The fraction of sp³-hybridized carbons (Fsp3) is 0.179. The summed E-state index contributed by atoms with van der Waals surface area (Å²) in [5.74, 6) is -4.56. The Bertz CT molecular complexity index is 1700. The van der Waals surface area contributed by atoms with E-state index in [4.69, 9.17) is 0 Å². The van der Waals surface area contributed by atoms with Crippen LogP contribution in [-0.2, 0) is 11.2 Å². The Morgan fingerprint density at radius 3 is 2.33 bits per heavy atom. The van der Waals surface area contributed by atoms with E-state index in [0.717, 1.165) is 41.9 Å². The molecular weight excluding hydrogens is 535 g/mol. The predicted molar refractivity (Wildman–Crippen MR) is 137 cm³/mol. The van der Waals surface area contributed by atoms with E-state index < -0.39 is 35.1 Å². The zero-order valence-electron chi connectivity index (χ0n) is 20.9. The van der Waals surface area contributed by atoms with Crippen molar-refractivity contribution in [1.82, 2.24) is 9.88 Å². The molecule has 206 valence electrons. The summed E-state index contributed by atoms with van der Waals surface area (Å²) < 4.78 is 64.7. The number of rotatable bonds is 3. The molecule has 0 saturated carbocycles. The fourth-order valence-corrected chi connectivity index (χ4v) is 4.49. The first-order valence-corrected chi connectivity index (χ1v) is 11.9. The van der Waals surface area contributed by atoms with Crippen LogP contribution in [0.4, 0.5) is 38.1 Å². The third kappa shape index (κ3) is 6.08. The second kappa shape index (κ2) is 11.9. The summed E-state index contributed by atoms with van der Waals surface area (Å²) >= 11 is 0. The van der Waals surface area contributed by atoms with Crippen molar-refractivity contribution >= 4 is 34.3 Å². The lowest BCUT2D eigenvalue weighted by atomic mass is 9.87. The topological polar surface area (TPSA) is 94.6 Å². The number of anilines is 1. The van der Waals surface area contributed by atoms with Crippen molar-refractivity contribution in [3.63, 3.8) is 0 Å². The highest BCUT2D eigenvalue weighted by Crippen LogP contribution is 2.37. The molecule has 0 spiro atoms. The van der Waals surface area contributed by atoms with Crippen LogP contribution >= 0.6 is 0 Å². The third-order valence-corrected chi connectivity index (χ3v) is 6.38. The molecule has 2 N–H and O–H groups in total. The maximum absolute atomic E-state index is 13.7. The van der Waals surface area contributed by atoms with Gasteiger partial charge in [0, 0.05) is 36.1 Å². The number of carbonyl (C=O) groups excluding carboxylic acids is 2. The Morgan fingerprint density at radius 2 is 1.65 bits per heavy atom. The second-order valence-corrected chi connectivity index (χ2v) is 8.92. The molecule has 1 unspecified atom stereocenters. The lowest BCUT2D eigenvalue weighted by Crippen LogP contribution is -2.37. The highest BCUT2D eigenvalue weighted by atomic mass is 19.2. The van der Waals surface area contributed by atoms with Crippen LogP contribution in [-0.4, -0.2) is 29.0 Å². The van der Waals surface area contributed by atoms with Gasteiger partial charge in [0.1, 0.15) is 5.82 Å². The maximum Gasteiger partial charge on any atom is 0.322 e. The molecule has 7 nitrogen and oxygen atoms in total. The van der Waals surface area contributed by atoms with Crippen molar-refractivity contribution < 1.29 is 31.5 Å². The molecule has 0 aliphatic heterocycles. The number of pyridine rings is 1. The van der Waals surface area contributed by atoms with E-state index in [1.807, 2.05) is 0 Å². The number of nitrogens with zero attached hydrogens (tertiary/aromatic N) is 2. The Kier molecular flexibility index (Phi) is 8.40. The molecule has 4 aromatic rings. The molecule has 40 heavy (non-hydrogen) atoms. The van der Waals surface area contributed by atoms with Crippen LogP contribution in [0.2, 0.25) is 0 Å². The number of hydrogen-bond donors (Lipinski definition) is 2. The monoisotopic (exact) mass is 556 g/mol. The molecule has 0 bridgehead atoms. The number of nitrogens with one attached hydrogen (secondary N) is 2. The average molecular weight is 556 g/mol. The summed E-state index contributed by atoms with van der Waals surface area (Å²) in [6.45, 7) is 0. The minimum atomic E-state index is -1.06. The summed E-state index contributed by atoms with van der Waals surface area (Å²) in [5.41, 5.74) is 1.31. The van der Waals surface area contributed by atoms with Crippen LogP contribution < -0.4 is 10.9 Å². The first kappa shape index (κ1) is 28.2. The first-order chi connectivity index (χ1) is 19.1. The van der Waals surface area contributed by atoms with E-state index in [0.29, 0.717) is 18.2 Å². The summed E-state index contributed by atoms with van der Waals surface area (Å²) in [5, 5.41) is 3.38. The van der Waals surface area contributed by atoms with Gasteiger partial charge in [-0.1, -0.05) is 6.07 Å². The van der Waals surface area contributed by atoms with Gasteiger partial charge < -0.3 is 15.2 Å². The van der Waals surface area contributed by atoms with Gasteiger partial charge in [-0.3, -0.25) is 4.79 Å². The molecule has 1 aliphatic carbocycles. The smallest absolute Gasteiger partial charge is 0.322 e. The minimum absolute atomic E-state index is 0.0545. The molecule has 5 rings (SSSR count). The summed E-state index contributed by atoms with van der Waals surface area (Å²) in [6.07, 6.45) is 3.26. The molecule has 2 amide bonds. The first-order valence-electron chi connectivity index (χ1n) is 11.9. The Labute approximate surface area is 224 Å². The average Bonchev–Trinajstić information content (AvgIpc) is 2.93.